The maximum Gasteiger partial charge on any atom is 0.291 e. The van der Waals surface area contributed by atoms with Crippen molar-refractivity contribution in [2.75, 3.05) is 11.9 Å². The van der Waals surface area contributed by atoms with E-state index in [0.29, 0.717) is 16.1 Å². The molecule has 0 unspecified atom stereocenters. The van der Waals surface area contributed by atoms with Crippen LogP contribution in [0.15, 0.2) is 45.5 Å². The van der Waals surface area contributed by atoms with Gasteiger partial charge in [0, 0.05) is 5.69 Å². The molecule has 104 valence electrons. The van der Waals surface area contributed by atoms with Gasteiger partial charge in [-0.25, -0.2) is 0 Å². The number of carbonyl (C=O) groups is 1. The van der Waals surface area contributed by atoms with E-state index >= 15 is 0 Å². The monoisotopic (exact) mass is 354 g/mol. The minimum absolute atomic E-state index is 0.182. The number of amides is 1. The molecule has 0 saturated carbocycles. The van der Waals surface area contributed by atoms with E-state index in [4.69, 9.17) is 27.1 Å². The first-order valence-corrected chi connectivity index (χ1v) is 6.82. The van der Waals surface area contributed by atoms with Crippen molar-refractivity contribution in [3.63, 3.8) is 0 Å². The van der Waals surface area contributed by atoms with E-state index < -0.39 is 0 Å². The number of carbonyl (C=O) groups excluding carboxylic acids is 1. The minimum atomic E-state index is -0.326. The van der Waals surface area contributed by atoms with Crippen molar-refractivity contribution in [3.8, 4) is 5.75 Å². The smallest absolute Gasteiger partial charge is 0.291 e. The standard InChI is InChI=1S/C13H11BrN2O3S/c14-11-6-5-10(19-11)13(17)16-8-1-3-9(4-2-8)18-7-12(15)20/h1-6H,7H2,(H2,15,20)(H,16,17). The fourth-order valence-corrected chi connectivity index (χ4v) is 1.78. The maximum atomic E-state index is 11.8. The molecule has 1 amide bonds. The van der Waals surface area contributed by atoms with E-state index in [1.165, 1.54) is 0 Å². The van der Waals surface area contributed by atoms with E-state index in [9.17, 15) is 4.79 Å². The zero-order valence-electron chi connectivity index (χ0n) is 10.3. The van der Waals surface area contributed by atoms with E-state index in [0.717, 1.165) is 0 Å². The number of rotatable bonds is 5. The van der Waals surface area contributed by atoms with Gasteiger partial charge in [0.05, 0.1) is 0 Å². The third-order valence-corrected chi connectivity index (χ3v) is 2.83. The number of hydrogen-bond donors (Lipinski definition) is 2. The van der Waals surface area contributed by atoms with Crippen molar-refractivity contribution in [1.29, 1.82) is 0 Å². The number of ether oxygens (including phenoxy) is 1. The summed E-state index contributed by atoms with van der Waals surface area (Å²) in [5, 5.41) is 2.70. The highest BCUT2D eigenvalue weighted by atomic mass is 79.9. The average Bonchev–Trinajstić information content (AvgIpc) is 2.85. The fourth-order valence-electron chi connectivity index (χ4n) is 1.42. The number of furan rings is 1. The van der Waals surface area contributed by atoms with Gasteiger partial charge in [0.25, 0.3) is 5.91 Å². The van der Waals surface area contributed by atoms with Gasteiger partial charge in [0.2, 0.25) is 0 Å². The second kappa shape index (κ2) is 6.53. The molecule has 0 saturated heterocycles. The van der Waals surface area contributed by atoms with Crippen LogP contribution in [0, 0.1) is 0 Å². The number of nitrogens with one attached hydrogen (secondary N) is 1. The normalized spacial score (nSPS) is 10.1. The molecule has 0 spiro atoms. The second-order valence-corrected chi connectivity index (χ2v) is 5.14. The zero-order chi connectivity index (χ0) is 14.5. The van der Waals surface area contributed by atoms with Crippen molar-refractivity contribution in [3.05, 3.63) is 46.8 Å². The summed E-state index contributed by atoms with van der Waals surface area (Å²) in [4.78, 5) is 12.1. The number of halogens is 1. The highest BCUT2D eigenvalue weighted by Gasteiger charge is 2.10. The van der Waals surface area contributed by atoms with Crippen LogP contribution in [0.25, 0.3) is 0 Å². The molecule has 0 atom stereocenters. The summed E-state index contributed by atoms with van der Waals surface area (Å²) >= 11 is 7.86. The summed E-state index contributed by atoms with van der Waals surface area (Å²) in [6.45, 7) is 0.182. The largest absolute Gasteiger partial charge is 0.487 e. The van der Waals surface area contributed by atoms with E-state index in [1.807, 2.05) is 0 Å². The summed E-state index contributed by atoms with van der Waals surface area (Å²) in [5.41, 5.74) is 5.97. The summed E-state index contributed by atoms with van der Waals surface area (Å²) < 4.78 is 11.0. The van der Waals surface area contributed by atoms with Crippen LogP contribution in [0.1, 0.15) is 10.6 Å². The number of thiocarbonyl (C=S) groups is 1. The van der Waals surface area contributed by atoms with Crippen LogP contribution in [-0.4, -0.2) is 17.5 Å². The lowest BCUT2D eigenvalue weighted by Crippen LogP contribution is -2.17. The van der Waals surface area contributed by atoms with Crippen molar-refractivity contribution < 1.29 is 13.9 Å². The van der Waals surface area contributed by atoms with Crippen LogP contribution >= 0.6 is 28.1 Å². The SMILES string of the molecule is NC(=S)COc1ccc(NC(=O)c2ccc(Br)o2)cc1. The molecule has 1 heterocycles. The van der Waals surface area contributed by atoms with E-state index in [2.05, 4.69) is 21.2 Å². The van der Waals surface area contributed by atoms with Crippen molar-refractivity contribution in [1.82, 2.24) is 0 Å². The summed E-state index contributed by atoms with van der Waals surface area (Å²) in [5.74, 6) is 0.523. The molecule has 0 bridgehead atoms. The molecule has 20 heavy (non-hydrogen) atoms. The Labute approximate surface area is 129 Å². The van der Waals surface area contributed by atoms with Gasteiger partial charge in [-0.05, 0) is 52.3 Å². The molecule has 5 nitrogen and oxygen atoms in total. The van der Waals surface area contributed by atoms with Gasteiger partial charge in [-0.2, -0.15) is 0 Å². The van der Waals surface area contributed by atoms with Gasteiger partial charge in [-0.3, -0.25) is 4.79 Å². The first-order chi connectivity index (χ1) is 9.54. The van der Waals surface area contributed by atoms with Gasteiger partial charge >= 0.3 is 0 Å². The van der Waals surface area contributed by atoms with Gasteiger partial charge in [0.1, 0.15) is 17.3 Å². The van der Waals surface area contributed by atoms with Crippen molar-refractivity contribution in [2.45, 2.75) is 0 Å². The molecule has 0 fully saturated rings. The van der Waals surface area contributed by atoms with Gasteiger partial charge < -0.3 is 20.2 Å². The topological polar surface area (TPSA) is 77.5 Å². The summed E-state index contributed by atoms with van der Waals surface area (Å²) in [6, 6.07) is 10.1. The number of anilines is 1. The molecule has 3 N–H and O–H groups in total. The Morgan fingerprint density at radius 2 is 2.00 bits per heavy atom. The second-order valence-electron chi connectivity index (χ2n) is 3.84. The molecular formula is C13H11BrN2O3S. The van der Waals surface area contributed by atoms with Gasteiger partial charge in [-0.15, -0.1) is 0 Å². The van der Waals surface area contributed by atoms with Gasteiger partial charge in [0.15, 0.2) is 10.4 Å². The molecular weight excluding hydrogens is 344 g/mol. The lowest BCUT2D eigenvalue weighted by atomic mass is 10.3. The lowest BCUT2D eigenvalue weighted by Gasteiger charge is -2.06. The predicted octanol–water partition coefficient (Wildman–Crippen LogP) is 2.96. The molecule has 1 aromatic heterocycles. The Balaban J connectivity index is 1.96. The van der Waals surface area contributed by atoms with Crippen molar-refractivity contribution in [2.24, 2.45) is 5.73 Å². The zero-order valence-corrected chi connectivity index (χ0v) is 12.7. The summed E-state index contributed by atoms with van der Waals surface area (Å²) in [7, 11) is 0. The molecule has 1 aromatic carbocycles. The molecule has 2 rings (SSSR count). The fraction of sp³-hybridized carbons (Fsp3) is 0.0769. The predicted molar refractivity (Wildman–Crippen MR) is 83.1 cm³/mol. The number of nitrogens with two attached hydrogens (primary N) is 1. The highest BCUT2D eigenvalue weighted by Crippen LogP contribution is 2.18. The van der Waals surface area contributed by atoms with Crippen LogP contribution in [0.3, 0.4) is 0 Å². The minimum Gasteiger partial charge on any atom is -0.487 e. The molecule has 2 aromatic rings. The van der Waals surface area contributed by atoms with Crippen LogP contribution in [-0.2, 0) is 0 Å². The number of benzene rings is 1. The molecule has 0 aliphatic heterocycles. The quantitative estimate of drug-likeness (QED) is 0.807. The van der Waals surface area contributed by atoms with Crippen LogP contribution < -0.4 is 15.8 Å². The van der Waals surface area contributed by atoms with Crippen LogP contribution in [0.5, 0.6) is 5.75 Å². The van der Waals surface area contributed by atoms with E-state index in [-0.39, 0.29) is 23.3 Å². The van der Waals surface area contributed by atoms with Crippen molar-refractivity contribution >= 4 is 44.7 Å². The van der Waals surface area contributed by atoms with Crippen LogP contribution in [0.4, 0.5) is 5.69 Å². The van der Waals surface area contributed by atoms with E-state index in [1.54, 1.807) is 36.4 Å². The number of hydrogen-bond acceptors (Lipinski definition) is 4. The third-order valence-electron chi connectivity index (χ3n) is 2.29. The summed E-state index contributed by atoms with van der Waals surface area (Å²) in [6.07, 6.45) is 0. The first kappa shape index (κ1) is 14.5. The molecule has 7 heteroatoms. The Morgan fingerprint density at radius 1 is 1.30 bits per heavy atom. The first-order valence-electron chi connectivity index (χ1n) is 5.62. The molecule has 0 aliphatic rings. The average molecular weight is 355 g/mol. The Morgan fingerprint density at radius 3 is 2.55 bits per heavy atom. The molecule has 0 aliphatic carbocycles. The Kier molecular flexibility index (Phi) is 4.75. The van der Waals surface area contributed by atoms with Gasteiger partial charge in [-0.1, -0.05) is 12.2 Å². The Bertz CT molecular complexity index is 625. The Hall–Kier alpha value is -1.86. The highest BCUT2D eigenvalue weighted by molar-refractivity contribution is 9.10. The van der Waals surface area contributed by atoms with Crippen LogP contribution in [0.2, 0.25) is 0 Å². The third kappa shape index (κ3) is 4.07. The lowest BCUT2D eigenvalue weighted by molar-refractivity contribution is 0.0995. The maximum absolute atomic E-state index is 11.8. The molecule has 0 radical (unpaired) electrons.